The first kappa shape index (κ1) is 20.2. The van der Waals surface area contributed by atoms with Crippen LogP contribution in [0.5, 0.6) is 5.75 Å². The van der Waals surface area contributed by atoms with Crippen LogP contribution in [0.25, 0.3) is 5.69 Å². The minimum atomic E-state index is -0.377. The second-order valence-corrected chi connectivity index (χ2v) is 6.90. The first-order valence-corrected chi connectivity index (χ1v) is 9.40. The molecule has 0 aliphatic heterocycles. The summed E-state index contributed by atoms with van der Waals surface area (Å²) < 4.78 is 21.3. The number of aromatic nitrogens is 2. The number of hydrogen-bond acceptors (Lipinski definition) is 3. The van der Waals surface area contributed by atoms with Crippen LogP contribution in [0, 0.1) is 5.82 Å². The van der Waals surface area contributed by atoms with Crippen LogP contribution >= 0.6 is 23.2 Å². The quantitative estimate of drug-likeness (QED) is 0.531. The molecular weight excluding hydrogens is 404 g/mol. The van der Waals surface area contributed by atoms with Crippen LogP contribution < -0.4 is 10.1 Å². The molecule has 5 nitrogen and oxygen atoms in total. The van der Waals surface area contributed by atoms with Crippen molar-refractivity contribution in [2.75, 3.05) is 6.61 Å². The van der Waals surface area contributed by atoms with Gasteiger partial charge in [-0.05, 0) is 42.3 Å². The number of carbonyl (C=O) groups is 1. The van der Waals surface area contributed by atoms with Crippen molar-refractivity contribution >= 4 is 29.1 Å². The van der Waals surface area contributed by atoms with Crippen molar-refractivity contribution in [3.8, 4) is 11.4 Å². The monoisotopic (exact) mass is 421 g/mol. The number of imidazole rings is 1. The number of nitrogens with zero attached hydrogens (tertiary/aromatic N) is 2. The Kier molecular flexibility index (Phi) is 6.90. The van der Waals surface area contributed by atoms with Crippen LogP contribution in [0.2, 0.25) is 10.0 Å². The van der Waals surface area contributed by atoms with Crippen molar-refractivity contribution in [2.24, 2.45) is 0 Å². The molecule has 0 unspecified atom stereocenters. The predicted octanol–water partition coefficient (Wildman–Crippen LogP) is 4.79. The molecule has 146 valence electrons. The van der Waals surface area contributed by atoms with E-state index in [0.29, 0.717) is 46.5 Å². The average Bonchev–Trinajstić information content (AvgIpc) is 3.19. The van der Waals surface area contributed by atoms with E-state index in [1.165, 1.54) is 12.4 Å². The van der Waals surface area contributed by atoms with E-state index < -0.39 is 0 Å². The lowest BCUT2D eigenvalue weighted by atomic mass is 10.2. The summed E-state index contributed by atoms with van der Waals surface area (Å²) in [5, 5.41) is 3.74. The molecule has 0 fully saturated rings. The van der Waals surface area contributed by atoms with Gasteiger partial charge in [-0.25, -0.2) is 9.37 Å². The van der Waals surface area contributed by atoms with Gasteiger partial charge in [-0.2, -0.15) is 0 Å². The van der Waals surface area contributed by atoms with Crippen molar-refractivity contribution in [3.05, 3.63) is 76.5 Å². The summed E-state index contributed by atoms with van der Waals surface area (Å²) in [6.07, 6.45) is 5.59. The fourth-order valence-corrected chi connectivity index (χ4v) is 3.03. The fourth-order valence-electron chi connectivity index (χ4n) is 2.57. The molecule has 2 aromatic carbocycles. The highest BCUT2D eigenvalue weighted by Gasteiger charge is 2.08. The van der Waals surface area contributed by atoms with Crippen LogP contribution in [0.4, 0.5) is 4.39 Å². The molecule has 0 aliphatic rings. The van der Waals surface area contributed by atoms with E-state index in [-0.39, 0.29) is 18.3 Å². The molecule has 28 heavy (non-hydrogen) atoms. The zero-order valence-corrected chi connectivity index (χ0v) is 16.4. The lowest BCUT2D eigenvalue weighted by molar-refractivity contribution is -0.121. The highest BCUT2D eigenvalue weighted by atomic mass is 35.5. The molecule has 0 spiro atoms. The van der Waals surface area contributed by atoms with Crippen molar-refractivity contribution < 1.29 is 13.9 Å². The van der Waals surface area contributed by atoms with Crippen LogP contribution in [-0.4, -0.2) is 22.1 Å². The van der Waals surface area contributed by atoms with Crippen molar-refractivity contribution in [1.29, 1.82) is 0 Å². The summed E-state index contributed by atoms with van der Waals surface area (Å²) in [5.74, 6) is 0.0165. The average molecular weight is 422 g/mol. The smallest absolute Gasteiger partial charge is 0.220 e. The zero-order chi connectivity index (χ0) is 19.9. The largest absolute Gasteiger partial charge is 0.492 e. The number of hydrogen-bond donors (Lipinski definition) is 1. The van der Waals surface area contributed by atoms with E-state index in [9.17, 15) is 9.18 Å². The number of ether oxygens (including phenoxy) is 1. The molecule has 1 amide bonds. The van der Waals surface area contributed by atoms with Gasteiger partial charge in [-0.3, -0.25) is 4.79 Å². The first-order valence-electron chi connectivity index (χ1n) is 8.64. The molecule has 3 aromatic rings. The molecule has 0 atom stereocenters. The number of rotatable bonds is 8. The maximum absolute atomic E-state index is 14.2. The van der Waals surface area contributed by atoms with Gasteiger partial charge in [0.15, 0.2) is 0 Å². The number of amides is 1. The van der Waals surface area contributed by atoms with Gasteiger partial charge in [0.25, 0.3) is 0 Å². The van der Waals surface area contributed by atoms with Crippen molar-refractivity contribution in [1.82, 2.24) is 14.9 Å². The Bertz CT molecular complexity index is 949. The third-order valence-corrected chi connectivity index (χ3v) is 4.51. The predicted molar refractivity (Wildman–Crippen MR) is 107 cm³/mol. The summed E-state index contributed by atoms with van der Waals surface area (Å²) in [6.45, 7) is 0.604. The summed E-state index contributed by atoms with van der Waals surface area (Å²) in [6, 6.07) is 9.80. The van der Waals surface area contributed by atoms with Gasteiger partial charge < -0.3 is 14.6 Å². The third kappa shape index (κ3) is 5.47. The van der Waals surface area contributed by atoms with E-state index in [4.69, 9.17) is 27.9 Å². The molecule has 8 heteroatoms. The number of halogens is 3. The van der Waals surface area contributed by atoms with E-state index in [2.05, 4.69) is 10.3 Å². The van der Waals surface area contributed by atoms with Gasteiger partial charge in [-0.1, -0.05) is 29.3 Å². The highest BCUT2D eigenvalue weighted by Crippen LogP contribution is 2.27. The van der Waals surface area contributed by atoms with E-state index in [1.807, 2.05) is 0 Å². The van der Waals surface area contributed by atoms with E-state index >= 15 is 0 Å². The van der Waals surface area contributed by atoms with Gasteiger partial charge in [0.05, 0.1) is 23.6 Å². The van der Waals surface area contributed by atoms with Crippen molar-refractivity contribution in [3.63, 3.8) is 0 Å². The molecule has 0 saturated carbocycles. The number of nitrogens with one attached hydrogen (secondary N) is 1. The van der Waals surface area contributed by atoms with Gasteiger partial charge in [0.2, 0.25) is 5.91 Å². The first-order chi connectivity index (χ1) is 13.5. The lowest BCUT2D eigenvalue weighted by Crippen LogP contribution is -2.23. The van der Waals surface area contributed by atoms with Gasteiger partial charge in [0, 0.05) is 30.4 Å². The zero-order valence-electron chi connectivity index (χ0n) is 14.9. The van der Waals surface area contributed by atoms with Crippen LogP contribution in [0.3, 0.4) is 0 Å². The second-order valence-electron chi connectivity index (χ2n) is 6.06. The normalized spacial score (nSPS) is 10.7. The molecule has 0 aliphatic carbocycles. The summed E-state index contributed by atoms with van der Waals surface area (Å²) in [7, 11) is 0. The van der Waals surface area contributed by atoms with Crippen LogP contribution in [-0.2, 0) is 11.3 Å². The molecule has 1 heterocycles. The Morgan fingerprint density at radius 1 is 1.21 bits per heavy atom. The minimum Gasteiger partial charge on any atom is -0.492 e. The number of benzene rings is 2. The maximum Gasteiger partial charge on any atom is 0.220 e. The van der Waals surface area contributed by atoms with Crippen LogP contribution in [0.1, 0.15) is 18.4 Å². The molecule has 1 aromatic heterocycles. The van der Waals surface area contributed by atoms with Gasteiger partial charge in [-0.15, -0.1) is 0 Å². The molecule has 3 rings (SSSR count). The van der Waals surface area contributed by atoms with Crippen LogP contribution in [0.15, 0.2) is 55.1 Å². The minimum absolute atomic E-state index is 0.134. The molecule has 0 saturated heterocycles. The van der Waals surface area contributed by atoms with Gasteiger partial charge >= 0.3 is 0 Å². The topological polar surface area (TPSA) is 56.1 Å². The van der Waals surface area contributed by atoms with Gasteiger partial charge in [0.1, 0.15) is 11.6 Å². The Hall–Kier alpha value is -2.57. The summed E-state index contributed by atoms with van der Waals surface area (Å²) >= 11 is 11.8. The number of carbonyl (C=O) groups excluding carboxylic acids is 1. The maximum atomic E-state index is 14.2. The van der Waals surface area contributed by atoms with E-state index in [0.717, 1.165) is 0 Å². The molecular formula is C20H18Cl2FN3O2. The fraction of sp³-hybridized carbons (Fsp3) is 0.200. The Morgan fingerprint density at radius 2 is 2.07 bits per heavy atom. The Morgan fingerprint density at radius 3 is 2.79 bits per heavy atom. The second kappa shape index (κ2) is 9.57. The summed E-state index contributed by atoms with van der Waals surface area (Å²) in [5.41, 5.74) is 1.09. The lowest BCUT2D eigenvalue weighted by Gasteiger charge is -2.10. The third-order valence-electron chi connectivity index (χ3n) is 3.98. The SMILES string of the molecule is O=C(CCCOc1ccc(Cl)cc1Cl)NCc1ccc(-n2ccnc2)c(F)c1. The molecule has 0 bridgehead atoms. The highest BCUT2D eigenvalue weighted by molar-refractivity contribution is 6.35. The van der Waals surface area contributed by atoms with Crippen molar-refractivity contribution in [2.45, 2.75) is 19.4 Å². The summed E-state index contributed by atoms with van der Waals surface area (Å²) in [4.78, 5) is 15.9. The molecule has 0 radical (unpaired) electrons. The Labute approximate surface area is 172 Å². The Balaban J connectivity index is 1.41. The van der Waals surface area contributed by atoms with E-state index in [1.54, 1.807) is 47.3 Å². The standard InChI is InChI=1S/C20H18Cl2FN3O2/c21-15-4-6-19(16(22)11-15)28-9-1-2-20(27)25-12-14-3-5-18(17(23)10-14)26-8-7-24-13-26/h3-8,10-11,13H,1-2,9,12H2,(H,25,27). The molecule has 1 N–H and O–H groups in total.